The van der Waals surface area contributed by atoms with E-state index < -0.39 is 41.4 Å². The van der Waals surface area contributed by atoms with Gasteiger partial charge in [0.25, 0.3) is 0 Å². The van der Waals surface area contributed by atoms with Crippen molar-refractivity contribution in [2.24, 2.45) is 10.8 Å². The van der Waals surface area contributed by atoms with Crippen molar-refractivity contribution in [3.05, 3.63) is 35.9 Å². The maximum atomic E-state index is 13.2. The summed E-state index contributed by atoms with van der Waals surface area (Å²) in [5.41, 5.74) is 0.176. The van der Waals surface area contributed by atoms with Gasteiger partial charge in [0, 0.05) is 17.9 Å². The van der Waals surface area contributed by atoms with Crippen molar-refractivity contribution in [3.8, 4) is 0 Å². The first-order chi connectivity index (χ1) is 17.7. The van der Waals surface area contributed by atoms with Crippen molar-refractivity contribution in [2.75, 3.05) is 25.7 Å². The summed E-state index contributed by atoms with van der Waals surface area (Å²) >= 11 is 0. The third kappa shape index (κ3) is 13.0. The van der Waals surface area contributed by atoms with E-state index >= 15 is 0 Å². The van der Waals surface area contributed by atoms with E-state index in [9.17, 15) is 19.2 Å². The number of benzene rings is 1. The number of carbonyl (C=O) groups excluding carboxylic acids is 4. The first-order valence-electron chi connectivity index (χ1n) is 12.3. The Kier molecular flexibility index (Phi) is 14.2. The first-order valence-corrected chi connectivity index (χ1v) is 14.8. The Labute approximate surface area is 234 Å². The standard InChI is InChI=1S/C27H42N2O7S2/c1-26(2,3)14-21(30)28-19(24(32)34-7)16-37-38-17-20(25(33)35-8)29-23(31)22(27(4,5)6)36-15-18-12-10-9-11-13-18/h9-13,19-20,22H,14-17H2,1-8H3,(H,28,30)(H,29,31)/t19-,20-,22+/m0/s1. The molecule has 0 spiro atoms. The molecule has 3 atom stereocenters. The molecule has 0 unspecified atom stereocenters. The number of rotatable bonds is 14. The van der Waals surface area contributed by atoms with Gasteiger partial charge >= 0.3 is 11.9 Å². The van der Waals surface area contributed by atoms with Crippen molar-refractivity contribution in [3.63, 3.8) is 0 Å². The number of carbonyl (C=O) groups is 4. The lowest BCUT2D eigenvalue weighted by Gasteiger charge is -2.30. The lowest BCUT2D eigenvalue weighted by Crippen LogP contribution is -2.51. The summed E-state index contributed by atoms with van der Waals surface area (Å²) in [6.45, 7) is 11.7. The van der Waals surface area contributed by atoms with Crippen molar-refractivity contribution in [1.29, 1.82) is 0 Å². The number of hydrogen-bond donors (Lipinski definition) is 2. The maximum absolute atomic E-state index is 13.2. The average Bonchev–Trinajstić information content (AvgIpc) is 2.82. The molecular formula is C27H42N2O7S2. The van der Waals surface area contributed by atoms with Gasteiger partial charge in [-0.3, -0.25) is 9.59 Å². The molecule has 1 rings (SSSR count). The Morgan fingerprint density at radius 1 is 0.816 bits per heavy atom. The normalized spacial score (nSPS) is 14.1. The molecule has 38 heavy (non-hydrogen) atoms. The van der Waals surface area contributed by atoms with Crippen LogP contribution < -0.4 is 10.6 Å². The van der Waals surface area contributed by atoms with Gasteiger partial charge < -0.3 is 24.8 Å². The van der Waals surface area contributed by atoms with Crippen molar-refractivity contribution < 1.29 is 33.4 Å². The quantitative estimate of drug-likeness (QED) is 0.196. The highest BCUT2D eigenvalue weighted by Crippen LogP contribution is 2.26. The predicted molar refractivity (Wildman–Crippen MR) is 151 cm³/mol. The minimum Gasteiger partial charge on any atom is -0.467 e. The van der Waals surface area contributed by atoms with Gasteiger partial charge in [-0.1, -0.05) is 93.5 Å². The number of amides is 2. The van der Waals surface area contributed by atoms with Crippen LogP contribution >= 0.6 is 21.6 Å². The number of nitrogens with one attached hydrogen (secondary N) is 2. The number of esters is 2. The maximum Gasteiger partial charge on any atom is 0.329 e. The second-order valence-electron chi connectivity index (χ2n) is 11.1. The first kappa shape index (κ1) is 33.8. The Morgan fingerprint density at radius 2 is 1.32 bits per heavy atom. The van der Waals surface area contributed by atoms with Crippen LogP contribution in [0.1, 0.15) is 53.5 Å². The van der Waals surface area contributed by atoms with Gasteiger partial charge in [-0.15, -0.1) is 0 Å². The van der Waals surface area contributed by atoms with Crippen LogP contribution in [0.15, 0.2) is 30.3 Å². The Hall–Kier alpha value is -2.24. The molecule has 0 radical (unpaired) electrons. The Bertz CT molecular complexity index is 914. The fraction of sp³-hybridized carbons (Fsp3) is 0.630. The Balaban J connectivity index is 2.76. The van der Waals surface area contributed by atoms with Gasteiger partial charge in [0.15, 0.2) is 0 Å². The number of methoxy groups -OCH3 is 2. The zero-order chi connectivity index (χ0) is 28.9. The highest BCUT2D eigenvalue weighted by molar-refractivity contribution is 8.76. The second kappa shape index (κ2) is 16.0. The van der Waals surface area contributed by atoms with Crippen LogP contribution in [0.4, 0.5) is 0 Å². The molecule has 11 heteroatoms. The summed E-state index contributed by atoms with van der Waals surface area (Å²) in [7, 11) is 5.07. The molecule has 0 aromatic heterocycles. The highest BCUT2D eigenvalue weighted by atomic mass is 33.1. The second-order valence-corrected chi connectivity index (χ2v) is 13.6. The third-order valence-corrected chi connectivity index (χ3v) is 7.57. The van der Waals surface area contributed by atoms with E-state index in [1.807, 2.05) is 71.9 Å². The van der Waals surface area contributed by atoms with E-state index in [2.05, 4.69) is 10.6 Å². The minimum atomic E-state index is -0.928. The van der Waals surface area contributed by atoms with E-state index in [-0.39, 0.29) is 35.9 Å². The molecule has 0 fully saturated rings. The predicted octanol–water partition coefficient (Wildman–Crippen LogP) is 3.75. The van der Waals surface area contributed by atoms with Gasteiger partial charge in [0.2, 0.25) is 11.8 Å². The molecule has 0 aliphatic carbocycles. The largest absolute Gasteiger partial charge is 0.467 e. The zero-order valence-electron chi connectivity index (χ0n) is 23.6. The van der Waals surface area contributed by atoms with Gasteiger partial charge in [-0.25, -0.2) is 9.59 Å². The van der Waals surface area contributed by atoms with Crippen LogP contribution in [0.5, 0.6) is 0 Å². The molecule has 0 bridgehead atoms. The summed E-state index contributed by atoms with van der Waals surface area (Å²) in [6, 6.07) is 7.76. The summed E-state index contributed by atoms with van der Waals surface area (Å²) in [5, 5.41) is 5.47. The van der Waals surface area contributed by atoms with Gasteiger partial charge in [0.05, 0.1) is 20.8 Å². The molecule has 214 valence electrons. The summed E-state index contributed by atoms with van der Waals surface area (Å²) < 4.78 is 15.7. The molecule has 1 aromatic carbocycles. The Morgan fingerprint density at radius 3 is 1.76 bits per heavy atom. The van der Waals surface area contributed by atoms with E-state index in [1.54, 1.807) is 0 Å². The topological polar surface area (TPSA) is 120 Å². The molecule has 0 saturated heterocycles. The molecule has 2 N–H and O–H groups in total. The smallest absolute Gasteiger partial charge is 0.329 e. The number of hydrogen-bond acceptors (Lipinski definition) is 9. The third-order valence-electron chi connectivity index (χ3n) is 5.15. The number of ether oxygens (including phenoxy) is 3. The fourth-order valence-electron chi connectivity index (χ4n) is 3.30. The van der Waals surface area contributed by atoms with E-state index in [0.717, 1.165) is 5.56 Å². The molecule has 0 aliphatic heterocycles. The highest BCUT2D eigenvalue weighted by Gasteiger charge is 2.35. The van der Waals surface area contributed by atoms with Crippen molar-refractivity contribution in [2.45, 2.75) is 72.8 Å². The van der Waals surface area contributed by atoms with E-state index in [0.29, 0.717) is 0 Å². The molecule has 1 aromatic rings. The van der Waals surface area contributed by atoms with Gasteiger partial charge in [0.1, 0.15) is 18.2 Å². The zero-order valence-corrected chi connectivity index (χ0v) is 25.3. The summed E-state index contributed by atoms with van der Waals surface area (Å²) in [4.78, 5) is 50.1. The summed E-state index contributed by atoms with van der Waals surface area (Å²) in [5.74, 6) is -1.41. The molecular weight excluding hydrogens is 528 g/mol. The average molecular weight is 571 g/mol. The van der Waals surface area contributed by atoms with Crippen LogP contribution in [-0.4, -0.2) is 67.7 Å². The van der Waals surface area contributed by atoms with Crippen LogP contribution in [0, 0.1) is 10.8 Å². The lowest BCUT2D eigenvalue weighted by atomic mass is 9.88. The van der Waals surface area contributed by atoms with Crippen LogP contribution in [0.25, 0.3) is 0 Å². The molecule has 2 amide bonds. The summed E-state index contributed by atoms with van der Waals surface area (Å²) in [6.07, 6.45) is -0.551. The van der Waals surface area contributed by atoms with Crippen LogP contribution in [0.3, 0.4) is 0 Å². The van der Waals surface area contributed by atoms with E-state index in [4.69, 9.17) is 14.2 Å². The van der Waals surface area contributed by atoms with Gasteiger partial charge in [-0.05, 0) is 16.4 Å². The minimum absolute atomic E-state index is 0.183. The van der Waals surface area contributed by atoms with Crippen molar-refractivity contribution in [1.82, 2.24) is 10.6 Å². The van der Waals surface area contributed by atoms with Crippen LogP contribution in [-0.2, 0) is 40.0 Å². The lowest BCUT2D eigenvalue weighted by molar-refractivity contribution is -0.149. The van der Waals surface area contributed by atoms with Crippen LogP contribution in [0.2, 0.25) is 0 Å². The molecule has 0 saturated carbocycles. The molecule has 0 aliphatic rings. The monoisotopic (exact) mass is 570 g/mol. The molecule has 0 heterocycles. The van der Waals surface area contributed by atoms with Crippen molar-refractivity contribution >= 4 is 45.3 Å². The van der Waals surface area contributed by atoms with E-state index in [1.165, 1.54) is 35.8 Å². The van der Waals surface area contributed by atoms with Gasteiger partial charge in [-0.2, -0.15) is 0 Å². The fourth-order valence-corrected chi connectivity index (χ4v) is 5.60. The SMILES string of the molecule is COC(=O)[C@H](CSSC[C@H](NC(=O)[C@@H](OCc1ccccc1)C(C)(C)C)C(=O)OC)NC(=O)CC(C)(C)C. The molecule has 9 nitrogen and oxygen atoms in total.